The van der Waals surface area contributed by atoms with Crippen LogP contribution in [0.4, 0.5) is 0 Å². The molecule has 68 valence electrons. The Morgan fingerprint density at radius 1 is 1.38 bits per heavy atom. The summed E-state index contributed by atoms with van der Waals surface area (Å²) in [4.78, 5) is 0. The minimum atomic E-state index is 0.631. The van der Waals surface area contributed by atoms with Gasteiger partial charge in [-0.1, -0.05) is 30.7 Å². The van der Waals surface area contributed by atoms with Gasteiger partial charge in [0.05, 0.1) is 5.03 Å². The number of benzene rings is 1. The molecule has 0 amide bonds. The molecule has 0 saturated carbocycles. The van der Waals surface area contributed by atoms with E-state index in [1.54, 1.807) is 0 Å². The second-order valence-electron chi connectivity index (χ2n) is 3.06. The smallest absolute Gasteiger partial charge is 0.128 e. The lowest BCUT2D eigenvalue weighted by molar-refractivity contribution is 0.343. The fourth-order valence-corrected chi connectivity index (χ4v) is 1.79. The monoisotopic (exact) mass is 194 g/mol. The highest BCUT2D eigenvalue weighted by atomic mass is 35.5. The lowest BCUT2D eigenvalue weighted by Gasteiger charge is -2.19. The van der Waals surface area contributed by atoms with E-state index in [0.29, 0.717) is 6.61 Å². The van der Waals surface area contributed by atoms with Gasteiger partial charge in [-0.05, 0) is 24.1 Å². The van der Waals surface area contributed by atoms with Crippen molar-refractivity contribution in [2.45, 2.75) is 13.3 Å². The van der Waals surface area contributed by atoms with Gasteiger partial charge in [-0.25, -0.2) is 0 Å². The molecule has 1 aliphatic heterocycles. The van der Waals surface area contributed by atoms with Crippen LogP contribution in [-0.2, 0) is 0 Å². The molecule has 13 heavy (non-hydrogen) atoms. The topological polar surface area (TPSA) is 9.23 Å². The zero-order valence-electron chi connectivity index (χ0n) is 7.51. The standard InChI is InChI=1S/C11H11ClO/c1-2-8-7-13-10-6-4-3-5-9(10)11(8)12/h3-6H,2,7H2,1H3. The zero-order valence-corrected chi connectivity index (χ0v) is 8.27. The van der Waals surface area contributed by atoms with Crippen molar-refractivity contribution in [1.82, 2.24) is 0 Å². The molecule has 1 aromatic rings. The summed E-state index contributed by atoms with van der Waals surface area (Å²) in [6.07, 6.45) is 0.952. The predicted octanol–water partition coefficient (Wildman–Crippen LogP) is 3.44. The van der Waals surface area contributed by atoms with Gasteiger partial charge >= 0.3 is 0 Å². The van der Waals surface area contributed by atoms with Crippen molar-refractivity contribution in [3.05, 3.63) is 35.4 Å². The fraction of sp³-hybridized carbons (Fsp3) is 0.273. The highest BCUT2D eigenvalue weighted by Crippen LogP contribution is 2.35. The summed E-state index contributed by atoms with van der Waals surface area (Å²) in [5.41, 5.74) is 2.20. The molecule has 1 heterocycles. The maximum atomic E-state index is 6.21. The Hall–Kier alpha value is -0.950. The molecule has 0 aromatic heterocycles. The normalized spacial score (nSPS) is 15.2. The predicted molar refractivity (Wildman–Crippen MR) is 55.0 cm³/mol. The van der Waals surface area contributed by atoms with Crippen LogP contribution in [0.3, 0.4) is 0 Å². The van der Waals surface area contributed by atoms with E-state index in [1.807, 2.05) is 24.3 Å². The van der Waals surface area contributed by atoms with Crippen LogP contribution in [0, 0.1) is 0 Å². The van der Waals surface area contributed by atoms with Gasteiger partial charge < -0.3 is 4.74 Å². The molecule has 0 N–H and O–H groups in total. The number of hydrogen-bond donors (Lipinski definition) is 0. The molecular formula is C11H11ClO. The van der Waals surface area contributed by atoms with Gasteiger partial charge in [-0.15, -0.1) is 0 Å². The minimum absolute atomic E-state index is 0.631. The second-order valence-corrected chi connectivity index (χ2v) is 3.43. The molecule has 2 rings (SSSR count). The molecule has 1 aliphatic rings. The zero-order chi connectivity index (χ0) is 9.26. The highest BCUT2D eigenvalue weighted by Gasteiger charge is 2.16. The SMILES string of the molecule is CCC1=C(Cl)c2ccccc2OC1. The van der Waals surface area contributed by atoms with E-state index >= 15 is 0 Å². The number of ether oxygens (including phenoxy) is 1. The van der Waals surface area contributed by atoms with E-state index in [0.717, 1.165) is 22.8 Å². The fourth-order valence-electron chi connectivity index (χ4n) is 1.45. The molecule has 0 bridgehead atoms. The third kappa shape index (κ3) is 1.44. The summed E-state index contributed by atoms with van der Waals surface area (Å²) in [5.74, 6) is 0.893. The van der Waals surface area contributed by atoms with Crippen molar-refractivity contribution in [1.29, 1.82) is 0 Å². The van der Waals surface area contributed by atoms with Gasteiger partial charge in [0.25, 0.3) is 0 Å². The van der Waals surface area contributed by atoms with Crippen molar-refractivity contribution in [2.24, 2.45) is 0 Å². The summed E-state index contributed by atoms with van der Waals surface area (Å²) in [7, 11) is 0. The van der Waals surface area contributed by atoms with E-state index < -0.39 is 0 Å². The Kier molecular flexibility index (Phi) is 2.28. The number of para-hydroxylation sites is 1. The number of hydrogen-bond acceptors (Lipinski definition) is 1. The van der Waals surface area contributed by atoms with Crippen molar-refractivity contribution >= 4 is 16.6 Å². The minimum Gasteiger partial charge on any atom is -0.489 e. The molecule has 0 atom stereocenters. The molecule has 0 radical (unpaired) electrons. The summed E-state index contributed by atoms with van der Waals surface area (Å²) in [6, 6.07) is 7.87. The van der Waals surface area contributed by atoms with Crippen LogP contribution < -0.4 is 4.74 Å². The van der Waals surface area contributed by atoms with Crippen LogP contribution in [0.5, 0.6) is 5.75 Å². The van der Waals surface area contributed by atoms with Crippen LogP contribution in [0.25, 0.3) is 5.03 Å². The van der Waals surface area contributed by atoms with Crippen LogP contribution in [0.15, 0.2) is 29.8 Å². The van der Waals surface area contributed by atoms with Crippen LogP contribution in [0.2, 0.25) is 0 Å². The third-order valence-corrected chi connectivity index (χ3v) is 2.73. The molecule has 1 nitrogen and oxygen atoms in total. The van der Waals surface area contributed by atoms with Crippen molar-refractivity contribution in [2.75, 3.05) is 6.61 Å². The third-order valence-electron chi connectivity index (χ3n) is 2.26. The Bertz CT molecular complexity index is 355. The average Bonchev–Trinajstić information content (AvgIpc) is 2.19. The van der Waals surface area contributed by atoms with Gasteiger partial charge in [-0.3, -0.25) is 0 Å². The van der Waals surface area contributed by atoms with E-state index in [9.17, 15) is 0 Å². The molecular weight excluding hydrogens is 184 g/mol. The van der Waals surface area contributed by atoms with Crippen molar-refractivity contribution in [3.8, 4) is 5.75 Å². The molecule has 2 heteroatoms. The summed E-state index contributed by atoms with van der Waals surface area (Å²) in [6.45, 7) is 2.72. The molecule has 0 saturated heterocycles. The lowest BCUT2D eigenvalue weighted by atomic mass is 10.1. The van der Waals surface area contributed by atoms with Crippen molar-refractivity contribution in [3.63, 3.8) is 0 Å². The molecule has 0 aliphatic carbocycles. The van der Waals surface area contributed by atoms with Crippen LogP contribution in [0.1, 0.15) is 18.9 Å². The van der Waals surface area contributed by atoms with Crippen LogP contribution >= 0.6 is 11.6 Å². The van der Waals surface area contributed by atoms with Gasteiger partial charge in [-0.2, -0.15) is 0 Å². The van der Waals surface area contributed by atoms with E-state index in [2.05, 4.69) is 6.92 Å². The van der Waals surface area contributed by atoms with E-state index in [1.165, 1.54) is 5.57 Å². The highest BCUT2D eigenvalue weighted by molar-refractivity contribution is 6.49. The second kappa shape index (κ2) is 3.43. The Morgan fingerprint density at radius 2 is 2.15 bits per heavy atom. The molecule has 0 fully saturated rings. The summed E-state index contributed by atoms with van der Waals surface area (Å²) >= 11 is 6.21. The van der Waals surface area contributed by atoms with E-state index in [4.69, 9.17) is 16.3 Å². The first-order valence-electron chi connectivity index (χ1n) is 4.42. The summed E-state index contributed by atoms with van der Waals surface area (Å²) in [5, 5.41) is 0.865. The maximum absolute atomic E-state index is 6.21. The molecule has 0 unspecified atom stereocenters. The van der Waals surface area contributed by atoms with Gasteiger partial charge in [0.2, 0.25) is 0 Å². The van der Waals surface area contributed by atoms with Crippen molar-refractivity contribution < 1.29 is 4.74 Å². The number of halogens is 1. The average molecular weight is 195 g/mol. The van der Waals surface area contributed by atoms with Gasteiger partial charge in [0.15, 0.2) is 0 Å². The molecule has 1 aromatic carbocycles. The Morgan fingerprint density at radius 3 is 2.92 bits per heavy atom. The lowest BCUT2D eigenvalue weighted by Crippen LogP contribution is -2.08. The van der Waals surface area contributed by atoms with Gasteiger partial charge in [0.1, 0.15) is 12.4 Å². The van der Waals surface area contributed by atoms with E-state index in [-0.39, 0.29) is 0 Å². The first kappa shape index (κ1) is 8.64. The van der Waals surface area contributed by atoms with Crippen LogP contribution in [-0.4, -0.2) is 6.61 Å². The number of fused-ring (bicyclic) bond motifs is 1. The maximum Gasteiger partial charge on any atom is 0.128 e. The number of rotatable bonds is 1. The molecule has 0 spiro atoms. The first-order chi connectivity index (χ1) is 6.33. The first-order valence-corrected chi connectivity index (χ1v) is 4.80. The van der Waals surface area contributed by atoms with Gasteiger partial charge in [0, 0.05) is 5.56 Å². The quantitative estimate of drug-likeness (QED) is 0.666. The Balaban J connectivity index is 2.52. The largest absolute Gasteiger partial charge is 0.489 e. The summed E-state index contributed by atoms with van der Waals surface area (Å²) < 4.78 is 5.56. The Labute approximate surface area is 83.0 Å².